The first kappa shape index (κ1) is 35.3. The number of carboxylic acids is 1. The summed E-state index contributed by atoms with van der Waals surface area (Å²) in [6.07, 6.45) is 1.81. The monoisotopic (exact) mass is 667 g/mol. The fraction of sp³-hybridized carbons (Fsp3) is 0.385. The SMILES string of the molecule is CCc1cc(C)cc(CC)c1-c1c(OC(=O)C(C)(C)C)n2n(c1=O)CCOCC2.O=C(O)C1=NOC(c2ccccc2)(c2ccccc2)C1. The maximum absolute atomic E-state index is 13.5. The molecule has 10 heteroatoms. The lowest BCUT2D eigenvalue weighted by Crippen LogP contribution is -2.29. The van der Waals surface area contributed by atoms with Gasteiger partial charge in [0.05, 0.1) is 38.1 Å². The number of oxime groups is 1. The molecule has 0 radical (unpaired) electrons. The summed E-state index contributed by atoms with van der Waals surface area (Å²) >= 11 is 0. The first-order valence-electron chi connectivity index (χ1n) is 16.8. The summed E-state index contributed by atoms with van der Waals surface area (Å²) in [4.78, 5) is 43.1. The predicted molar refractivity (Wildman–Crippen MR) is 188 cm³/mol. The van der Waals surface area contributed by atoms with E-state index in [1.54, 1.807) is 9.36 Å². The number of carbonyl (C=O) groups is 2. The number of carbonyl (C=O) groups excluding carboxylic acids is 1. The van der Waals surface area contributed by atoms with Crippen molar-refractivity contribution in [2.75, 3.05) is 13.2 Å². The van der Waals surface area contributed by atoms with Gasteiger partial charge >= 0.3 is 11.9 Å². The Morgan fingerprint density at radius 2 is 1.41 bits per heavy atom. The predicted octanol–water partition coefficient (Wildman–Crippen LogP) is 6.52. The standard InChI is InChI=1S/C23H32N2O4.C16H13NO3/c1-7-16-13-15(3)14-17(8-2)18(16)19-20(26)24-9-11-28-12-10-25(24)21(19)29-22(27)23(4,5)6;18-15(19)14-11-16(20-17-14,12-7-3-1-4-8-12)13-9-5-2-6-10-13/h13-14H,7-12H2,1-6H3;1-10H,11H2,(H,18,19). The zero-order valence-corrected chi connectivity index (χ0v) is 29.1. The maximum atomic E-state index is 13.5. The summed E-state index contributed by atoms with van der Waals surface area (Å²) in [5.41, 5.74) is 4.96. The maximum Gasteiger partial charge on any atom is 0.353 e. The Bertz CT molecular complexity index is 1840. The summed E-state index contributed by atoms with van der Waals surface area (Å²) in [6.45, 7) is 13.5. The zero-order chi connectivity index (χ0) is 35.3. The fourth-order valence-electron chi connectivity index (χ4n) is 6.24. The highest BCUT2D eigenvalue weighted by atomic mass is 16.7. The summed E-state index contributed by atoms with van der Waals surface area (Å²) < 4.78 is 14.9. The van der Waals surface area contributed by atoms with Gasteiger partial charge in [-0.1, -0.05) is 97.4 Å². The van der Waals surface area contributed by atoms with E-state index in [1.165, 1.54) is 5.56 Å². The molecule has 1 aromatic heterocycles. The molecule has 0 bridgehead atoms. The largest absolute Gasteiger partial charge is 0.477 e. The molecule has 1 N–H and O–H groups in total. The molecule has 3 aromatic carbocycles. The molecule has 258 valence electrons. The van der Waals surface area contributed by atoms with E-state index in [9.17, 15) is 14.4 Å². The topological polar surface area (TPSA) is 121 Å². The van der Waals surface area contributed by atoms with Crippen molar-refractivity contribution in [3.63, 3.8) is 0 Å². The Balaban J connectivity index is 0.000000204. The lowest BCUT2D eigenvalue weighted by atomic mass is 9.82. The highest BCUT2D eigenvalue weighted by Crippen LogP contribution is 2.41. The zero-order valence-electron chi connectivity index (χ0n) is 29.1. The number of aromatic nitrogens is 2. The van der Waals surface area contributed by atoms with Gasteiger partial charge in [0.25, 0.3) is 5.56 Å². The van der Waals surface area contributed by atoms with Crippen LogP contribution < -0.4 is 10.3 Å². The van der Waals surface area contributed by atoms with E-state index in [0.29, 0.717) is 37.7 Å². The second kappa shape index (κ2) is 14.7. The molecule has 3 heterocycles. The number of benzene rings is 3. The van der Waals surface area contributed by atoms with Gasteiger partial charge in [0.1, 0.15) is 5.56 Å². The number of carboxylic acid groups (broad SMARTS) is 1. The minimum absolute atomic E-state index is 0.0395. The third-order valence-electron chi connectivity index (χ3n) is 8.80. The van der Waals surface area contributed by atoms with E-state index in [0.717, 1.165) is 40.7 Å². The average molecular weight is 668 g/mol. The summed E-state index contributed by atoms with van der Waals surface area (Å²) in [5, 5.41) is 12.9. The molecule has 4 aromatic rings. The number of ether oxygens (including phenoxy) is 2. The van der Waals surface area contributed by atoms with Crippen molar-refractivity contribution in [1.29, 1.82) is 0 Å². The molecule has 0 fully saturated rings. The molecule has 0 atom stereocenters. The Kier molecular flexibility index (Phi) is 10.6. The number of hydrogen-bond donors (Lipinski definition) is 1. The molecule has 2 aliphatic heterocycles. The fourth-order valence-corrected chi connectivity index (χ4v) is 6.24. The number of hydrogen-bond acceptors (Lipinski definition) is 7. The second-order valence-corrected chi connectivity index (χ2v) is 13.3. The molecule has 0 saturated heterocycles. The van der Waals surface area contributed by atoms with Crippen molar-refractivity contribution >= 4 is 17.7 Å². The summed E-state index contributed by atoms with van der Waals surface area (Å²) in [6, 6.07) is 23.4. The smallest absolute Gasteiger partial charge is 0.353 e. The third-order valence-corrected chi connectivity index (χ3v) is 8.80. The van der Waals surface area contributed by atoms with Gasteiger partial charge in [-0.15, -0.1) is 0 Å². The number of esters is 1. The molecule has 2 aliphatic rings. The molecule has 6 rings (SSSR count). The van der Waals surface area contributed by atoms with Crippen LogP contribution >= 0.6 is 0 Å². The van der Waals surface area contributed by atoms with Crippen LogP contribution in [0.1, 0.15) is 68.9 Å². The molecule has 0 spiro atoms. The van der Waals surface area contributed by atoms with Crippen LogP contribution in [-0.2, 0) is 50.7 Å². The first-order chi connectivity index (χ1) is 23.4. The van der Waals surface area contributed by atoms with Gasteiger partial charge in [0.2, 0.25) is 5.88 Å². The minimum Gasteiger partial charge on any atom is -0.477 e. The van der Waals surface area contributed by atoms with Crippen LogP contribution in [0.25, 0.3) is 11.1 Å². The van der Waals surface area contributed by atoms with Crippen LogP contribution in [0.5, 0.6) is 5.88 Å². The van der Waals surface area contributed by atoms with Gasteiger partial charge in [-0.25, -0.2) is 14.2 Å². The molecule has 49 heavy (non-hydrogen) atoms. The quantitative estimate of drug-likeness (QED) is 0.223. The van der Waals surface area contributed by atoms with E-state index >= 15 is 0 Å². The number of aliphatic carboxylic acids is 1. The van der Waals surface area contributed by atoms with Crippen molar-refractivity contribution in [2.24, 2.45) is 10.6 Å². The van der Waals surface area contributed by atoms with E-state index in [-0.39, 0.29) is 23.7 Å². The minimum atomic E-state index is -1.04. The molecule has 0 amide bonds. The highest BCUT2D eigenvalue weighted by Gasteiger charge is 2.44. The lowest BCUT2D eigenvalue weighted by molar-refractivity contribution is -0.143. The van der Waals surface area contributed by atoms with Crippen molar-refractivity contribution in [3.05, 3.63) is 111 Å². The normalized spacial score (nSPS) is 15.2. The Morgan fingerprint density at radius 1 is 0.878 bits per heavy atom. The highest BCUT2D eigenvalue weighted by molar-refractivity contribution is 6.36. The second-order valence-electron chi connectivity index (χ2n) is 13.3. The van der Waals surface area contributed by atoms with Crippen LogP contribution in [-0.4, -0.2) is 45.3 Å². The molecule has 0 aliphatic carbocycles. The van der Waals surface area contributed by atoms with E-state index in [2.05, 4.69) is 38.1 Å². The van der Waals surface area contributed by atoms with Gasteiger partial charge in [0.15, 0.2) is 11.3 Å². The van der Waals surface area contributed by atoms with Gasteiger partial charge in [0, 0.05) is 11.1 Å². The van der Waals surface area contributed by atoms with Crippen molar-refractivity contribution in [2.45, 2.75) is 79.5 Å². The Hall–Kier alpha value is -4.96. The van der Waals surface area contributed by atoms with E-state index in [1.807, 2.05) is 81.4 Å². The summed E-state index contributed by atoms with van der Waals surface area (Å²) in [7, 11) is 0. The lowest BCUT2D eigenvalue weighted by Gasteiger charge is -2.27. The first-order valence-corrected chi connectivity index (χ1v) is 16.8. The molecule has 0 saturated carbocycles. The van der Waals surface area contributed by atoms with Crippen LogP contribution in [0, 0.1) is 12.3 Å². The van der Waals surface area contributed by atoms with Crippen molar-refractivity contribution in [1.82, 2.24) is 9.36 Å². The van der Waals surface area contributed by atoms with Crippen LogP contribution in [0.15, 0.2) is 82.7 Å². The van der Waals surface area contributed by atoms with Gasteiger partial charge < -0.3 is 19.4 Å². The van der Waals surface area contributed by atoms with Crippen LogP contribution in [0.2, 0.25) is 0 Å². The molecule has 0 unspecified atom stereocenters. The molecular weight excluding hydrogens is 622 g/mol. The van der Waals surface area contributed by atoms with Gasteiger partial charge in [-0.2, -0.15) is 0 Å². The average Bonchev–Trinajstić information content (AvgIpc) is 3.55. The van der Waals surface area contributed by atoms with Crippen LogP contribution in [0.3, 0.4) is 0 Å². The molecule has 10 nitrogen and oxygen atoms in total. The number of rotatable bonds is 7. The van der Waals surface area contributed by atoms with Gasteiger partial charge in [-0.3, -0.25) is 9.59 Å². The van der Waals surface area contributed by atoms with Crippen molar-refractivity contribution < 1.29 is 29.0 Å². The number of aryl methyl sites for hydroxylation is 3. The Morgan fingerprint density at radius 3 is 1.88 bits per heavy atom. The third kappa shape index (κ3) is 7.24. The number of nitrogens with zero attached hydrogens (tertiary/aromatic N) is 3. The van der Waals surface area contributed by atoms with Crippen LogP contribution in [0.4, 0.5) is 0 Å². The van der Waals surface area contributed by atoms with E-state index in [4.69, 9.17) is 19.4 Å². The number of fused-ring (bicyclic) bond motifs is 1. The van der Waals surface area contributed by atoms with Gasteiger partial charge in [-0.05, 0) is 57.2 Å². The Labute approximate surface area is 286 Å². The molecular formula is C39H45N3O7. The van der Waals surface area contributed by atoms with E-state index < -0.39 is 17.0 Å². The summed E-state index contributed by atoms with van der Waals surface area (Å²) in [5.74, 6) is -1.06. The van der Waals surface area contributed by atoms with Crippen molar-refractivity contribution in [3.8, 4) is 17.0 Å².